The van der Waals surface area contributed by atoms with Gasteiger partial charge in [0.2, 0.25) is 0 Å². The zero-order valence-corrected chi connectivity index (χ0v) is 14.7. The van der Waals surface area contributed by atoms with Crippen molar-refractivity contribution in [1.82, 2.24) is 34.6 Å². The first-order valence-electron chi connectivity index (χ1n) is 9.17. The van der Waals surface area contributed by atoms with Crippen molar-refractivity contribution in [3.05, 3.63) is 43.2 Å². The molecule has 4 aromatic rings. The number of hydrogen-bond acceptors (Lipinski definition) is 4. The average Bonchev–Trinajstić information content (AvgIpc) is 3.41. The zero-order chi connectivity index (χ0) is 17.5. The Kier molecular flexibility index (Phi) is 3.58. The molecule has 26 heavy (non-hydrogen) atoms. The van der Waals surface area contributed by atoms with E-state index >= 15 is 0 Å². The van der Waals surface area contributed by atoms with E-state index in [0.717, 1.165) is 28.0 Å². The molecule has 4 aromatic heterocycles. The van der Waals surface area contributed by atoms with Crippen LogP contribution in [0.2, 0.25) is 0 Å². The first-order valence-corrected chi connectivity index (χ1v) is 9.17. The van der Waals surface area contributed by atoms with Crippen molar-refractivity contribution < 1.29 is 0 Å². The minimum Gasteiger partial charge on any atom is -0.285 e. The fourth-order valence-electron chi connectivity index (χ4n) is 4.00. The summed E-state index contributed by atoms with van der Waals surface area (Å²) in [5.41, 5.74) is 4.68. The van der Waals surface area contributed by atoms with E-state index in [1.54, 1.807) is 12.4 Å². The summed E-state index contributed by atoms with van der Waals surface area (Å²) in [6, 6.07) is 2.47. The van der Waals surface area contributed by atoms with Gasteiger partial charge in [-0.25, -0.2) is 9.50 Å². The van der Waals surface area contributed by atoms with Crippen molar-refractivity contribution in [3.63, 3.8) is 0 Å². The molecule has 132 valence electrons. The van der Waals surface area contributed by atoms with Crippen LogP contribution in [-0.4, -0.2) is 34.6 Å². The predicted molar refractivity (Wildman–Crippen MR) is 98.5 cm³/mol. The maximum absolute atomic E-state index is 4.89. The van der Waals surface area contributed by atoms with Crippen LogP contribution in [0.4, 0.5) is 0 Å². The third-order valence-electron chi connectivity index (χ3n) is 5.46. The first kappa shape index (κ1) is 15.3. The lowest BCUT2D eigenvalue weighted by Gasteiger charge is -2.28. The van der Waals surface area contributed by atoms with E-state index in [2.05, 4.69) is 38.2 Å². The highest BCUT2D eigenvalue weighted by molar-refractivity contribution is 5.78. The fraction of sp³-hybridized carbons (Fsp3) is 0.368. The van der Waals surface area contributed by atoms with Gasteiger partial charge >= 0.3 is 0 Å². The van der Waals surface area contributed by atoms with Crippen LogP contribution in [0.3, 0.4) is 0 Å². The second kappa shape index (κ2) is 6.09. The Bertz CT molecular complexity index is 1030. The zero-order valence-electron chi connectivity index (χ0n) is 14.7. The van der Waals surface area contributed by atoms with E-state index < -0.39 is 0 Å². The Morgan fingerprint density at radius 3 is 2.85 bits per heavy atom. The number of aromatic nitrogens is 7. The van der Waals surface area contributed by atoms with Gasteiger partial charge in [-0.2, -0.15) is 15.3 Å². The van der Waals surface area contributed by atoms with Crippen molar-refractivity contribution in [2.75, 3.05) is 0 Å². The van der Waals surface area contributed by atoms with Gasteiger partial charge < -0.3 is 0 Å². The van der Waals surface area contributed by atoms with Gasteiger partial charge in [0.25, 0.3) is 0 Å². The van der Waals surface area contributed by atoms with Gasteiger partial charge in [0.05, 0.1) is 47.7 Å². The second-order valence-electron chi connectivity index (χ2n) is 7.16. The minimum atomic E-state index is 0.482. The van der Waals surface area contributed by atoms with E-state index in [0.29, 0.717) is 12.0 Å². The standard InChI is InChI=1S/C19H21N7/c1-13-4-2-3-5-17(13)25-11-15(10-23-25)19-18-6-7-22-26(18)12-16(24-19)14-8-20-21-9-14/h6-13,17H,2-5H2,1H3,(H,20,21)/t13-,17-/m0/s1. The topological polar surface area (TPSA) is 76.7 Å². The van der Waals surface area contributed by atoms with E-state index in [4.69, 9.17) is 4.98 Å². The molecule has 2 atom stereocenters. The van der Waals surface area contributed by atoms with Crippen molar-refractivity contribution >= 4 is 5.52 Å². The Hall–Kier alpha value is -2.96. The summed E-state index contributed by atoms with van der Waals surface area (Å²) >= 11 is 0. The van der Waals surface area contributed by atoms with Crippen LogP contribution < -0.4 is 0 Å². The average molecular weight is 347 g/mol. The summed E-state index contributed by atoms with van der Waals surface area (Å²) in [7, 11) is 0. The maximum atomic E-state index is 4.89. The Morgan fingerprint density at radius 2 is 2.00 bits per heavy atom. The highest BCUT2D eigenvalue weighted by Gasteiger charge is 2.24. The fourth-order valence-corrected chi connectivity index (χ4v) is 4.00. The molecule has 1 saturated carbocycles. The third-order valence-corrected chi connectivity index (χ3v) is 5.46. The molecule has 5 rings (SSSR count). The van der Waals surface area contributed by atoms with Crippen LogP contribution in [0.25, 0.3) is 28.0 Å². The largest absolute Gasteiger partial charge is 0.285 e. The number of nitrogens with one attached hydrogen (secondary N) is 1. The lowest BCUT2D eigenvalue weighted by Crippen LogP contribution is -2.21. The molecule has 1 aliphatic carbocycles. The van der Waals surface area contributed by atoms with Crippen molar-refractivity contribution in [2.24, 2.45) is 5.92 Å². The summed E-state index contributed by atoms with van der Waals surface area (Å²) in [5.74, 6) is 0.664. The molecule has 4 heterocycles. The molecule has 0 aromatic carbocycles. The summed E-state index contributed by atoms with van der Waals surface area (Å²) in [4.78, 5) is 4.89. The van der Waals surface area contributed by atoms with Crippen LogP contribution >= 0.6 is 0 Å². The molecule has 0 amide bonds. The number of H-pyrrole nitrogens is 1. The van der Waals surface area contributed by atoms with Gasteiger partial charge in [0.1, 0.15) is 0 Å². The molecule has 0 unspecified atom stereocenters. The van der Waals surface area contributed by atoms with E-state index in [1.807, 2.05) is 29.2 Å². The summed E-state index contributed by atoms with van der Waals surface area (Å²) in [5, 5.41) is 16.0. The van der Waals surface area contributed by atoms with Gasteiger partial charge in [0, 0.05) is 23.5 Å². The number of aromatic amines is 1. The quantitative estimate of drug-likeness (QED) is 0.612. The predicted octanol–water partition coefficient (Wildman–Crippen LogP) is 3.73. The Morgan fingerprint density at radius 1 is 1.08 bits per heavy atom. The van der Waals surface area contributed by atoms with E-state index in [1.165, 1.54) is 25.7 Å². The number of rotatable bonds is 3. The van der Waals surface area contributed by atoms with Crippen LogP contribution in [0.5, 0.6) is 0 Å². The molecule has 1 fully saturated rings. The van der Waals surface area contributed by atoms with Gasteiger partial charge in [-0.1, -0.05) is 19.8 Å². The van der Waals surface area contributed by atoms with Crippen molar-refractivity contribution in [2.45, 2.75) is 38.6 Å². The summed E-state index contributed by atoms with van der Waals surface area (Å²) < 4.78 is 4.00. The monoisotopic (exact) mass is 347 g/mol. The molecule has 0 radical (unpaired) electrons. The third kappa shape index (κ3) is 2.51. The van der Waals surface area contributed by atoms with Gasteiger partial charge in [-0.15, -0.1) is 0 Å². The van der Waals surface area contributed by atoms with Crippen LogP contribution in [-0.2, 0) is 0 Å². The molecule has 1 N–H and O–H groups in total. The normalized spacial score (nSPS) is 20.7. The molecule has 7 heteroatoms. The number of hydrogen-bond donors (Lipinski definition) is 1. The molecule has 0 aliphatic heterocycles. The number of nitrogens with zero attached hydrogens (tertiary/aromatic N) is 6. The molecular formula is C19H21N7. The Balaban J connectivity index is 1.59. The van der Waals surface area contributed by atoms with E-state index in [9.17, 15) is 0 Å². The van der Waals surface area contributed by atoms with Gasteiger partial charge in [-0.05, 0) is 24.8 Å². The van der Waals surface area contributed by atoms with Crippen molar-refractivity contribution in [1.29, 1.82) is 0 Å². The first-order chi connectivity index (χ1) is 12.8. The van der Waals surface area contributed by atoms with Gasteiger partial charge in [-0.3, -0.25) is 9.78 Å². The van der Waals surface area contributed by atoms with Crippen molar-refractivity contribution in [3.8, 4) is 22.5 Å². The summed E-state index contributed by atoms with van der Waals surface area (Å²) in [6.45, 7) is 2.33. The molecule has 7 nitrogen and oxygen atoms in total. The molecule has 0 bridgehead atoms. The lowest BCUT2D eigenvalue weighted by molar-refractivity contribution is 0.240. The lowest BCUT2D eigenvalue weighted by atomic mass is 9.86. The number of fused-ring (bicyclic) bond motifs is 1. The highest BCUT2D eigenvalue weighted by atomic mass is 15.3. The molecule has 0 spiro atoms. The summed E-state index contributed by atoms with van der Waals surface area (Å²) in [6.07, 6.45) is 16.5. The van der Waals surface area contributed by atoms with Crippen LogP contribution in [0, 0.1) is 5.92 Å². The van der Waals surface area contributed by atoms with Crippen LogP contribution in [0.15, 0.2) is 43.2 Å². The smallest absolute Gasteiger partial charge is 0.0999 e. The molecule has 1 aliphatic rings. The van der Waals surface area contributed by atoms with Crippen LogP contribution in [0.1, 0.15) is 38.6 Å². The Labute approximate surface area is 151 Å². The molecule has 0 saturated heterocycles. The van der Waals surface area contributed by atoms with Gasteiger partial charge in [0.15, 0.2) is 0 Å². The molecular weight excluding hydrogens is 326 g/mol. The highest BCUT2D eigenvalue weighted by Crippen LogP contribution is 2.34. The van der Waals surface area contributed by atoms with E-state index in [-0.39, 0.29) is 0 Å². The SMILES string of the molecule is C[C@H]1CCCC[C@@H]1n1cc(-c2nc(-c3cn[nH]c3)cn3nccc23)cn1. The second-order valence-corrected chi connectivity index (χ2v) is 7.16. The minimum absolute atomic E-state index is 0.482. The maximum Gasteiger partial charge on any atom is 0.0999 e.